The van der Waals surface area contributed by atoms with Gasteiger partial charge in [0, 0.05) is 20.9 Å². The molecule has 0 unspecified atom stereocenters. The molecule has 0 bridgehead atoms. The second-order valence-electron chi connectivity index (χ2n) is 3.70. The number of halogens is 2. The average Bonchev–Trinajstić information content (AvgIpc) is 2.32. The zero-order valence-electron chi connectivity index (χ0n) is 9.28. The number of nitrogens with one attached hydrogen (secondary N) is 1. The normalized spacial score (nSPS) is 10.1. The Morgan fingerprint density at radius 3 is 2.72 bits per heavy atom. The molecule has 3 nitrogen and oxygen atoms in total. The second-order valence-corrected chi connectivity index (χ2v) is 5.05. The van der Waals surface area contributed by atoms with Crippen molar-refractivity contribution < 1.29 is 4.79 Å². The average molecular weight is 326 g/mol. The molecule has 0 aliphatic rings. The molecule has 0 radical (unpaired) electrons. The van der Waals surface area contributed by atoms with Gasteiger partial charge < -0.3 is 11.1 Å². The number of rotatable bonds is 2. The lowest BCUT2D eigenvalue weighted by Crippen LogP contribution is -2.14. The molecule has 0 saturated carbocycles. The van der Waals surface area contributed by atoms with Gasteiger partial charge in [-0.15, -0.1) is 0 Å². The molecule has 1 amide bonds. The molecule has 5 heteroatoms. The topological polar surface area (TPSA) is 55.1 Å². The van der Waals surface area contributed by atoms with E-state index in [1.807, 2.05) is 0 Å². The molecular formula is C13H10BrClN2O. The van der Waals surface area contributed by atoms with Gasteiger partial charge in [0.25, 0.3) is 5.91 Å². The van der Waals surface area contributed by atoms with E-state index in [1.165, 1.54) is 0 Å². The van der Waals surface area contributed by atoms with Crippen molar-refractivity contribution in [1.29, 1.82) is 0 Å². The van der Waals surface area contributed by atoms with Gasteiger partial charge in [-0.05, 0) is 36.4 Å². The molecule has 3 N–H and O–H groups in total. The van der Waals surface area contributed by atoms with E-state index in [-0.39, 0.29) is 5.91 Å². The maximum Gasteiger partial charge on any atom is 0.257 e. The van der Waals surface area contributed by atoms with E-state index < -0.39 is 0 Å². The van der Waals surface area contributed by atoms with Crippen molar-refractivity contribution in [1.82, 2.24) is 0 Å². The highest BCUT2D eigenvalue weighted by Crippen LogP contribution is 2.21. The van der Waals surface area contributed by atoms with Gasteiger partial charge in [0.2, 0.25) is 0 Å². The van der Waals surface area contributed by atoms with Gasteiger partial charge in [-0.2, -0.15) is 0 Å². The summed E-state index contributed by atoms with van der Waals surface area (Å²) in [4.78, 5) is 12.0. The van der Waals surface area contributed by atoms with Crippen LogP contribution in [-0.2, 0) is 0 Å². The molecule has 0 saturated heterocycles. The number of benzene rings is 2. The first-order chi connectivity index (χ1) is 8.56. The van der Waals surface area contributed by atoms with Crippen LogP contribution in [0.1, 0.15) is 10.4 Å². The molecular weight excluding hydrogens is 316 g/mol. The van der Waals surface area contributed by atoms with Gasteiger partial charge in [-0.3, -0.25) is 4.79 Å². The Kier molecular flexibility index (Phi) is 3.89. The minimum atomic E-state index is -0.268. The van der Waals surface area contributed by atoms with Crippen LogP contribution in [0, 0.1) is 0 Å². The Morgan fingerprint density at radius 2 is 2.00 bits per heavy atom. The fourth-order valence-electron chi connectivity index (χ4n) is 1.49. The molecule has 2 aromatic rings. The predicted molar refractivity (Wildman–Crippen MR) is 78.0 cm³/mol. The van der Waals surface area contributed by atoms with Crippen molar-refractivity contribution in [2.75, 3.05) is 11.1 Å². The fraction of sp³-hybridized carbons (Fsp3) is 0. The number of hydrogen-bond donors (Lipinski definition) is 2. The van der Waals surface area contributed by atoms with Gasteiger partial charge in [0.1, 0.15) is 0 Å². The van der Waals surface area contributed by atoms with Crippen molar-refractivity contribution >= 4 is 44.8 Å². The summed E-state index contributed by atoms with van der Waals surface area (Å²) in [6.07, 6.45) is 0. The molecule has 0 aromatic heterocycles. The standard InChI is InChI=1S/C13H10BrClN2O/c14-8-4-5-12(16)11(6-8)13(18)17-10-3-1-2-9(15)7-10/h1-7H,16H2,(H,17,18). The van der Waals surface area contributed by atoms with Gasteiger partial charge in [0.15, 0.2) is 0 Å². The zero-order valence-corrected chi connectivity index (χ0v) is 11.6. The van der Waals surface area contributed by atoms with Gasteiger partial charge in [-0.1, -0.05) is 33.6 Å². The van der Waals surface area contributed by atoms with Crippen molar-refractivity contribution in [2.45, 2.75) is 0 Å². The molecule has 0 aliphatic carbocycles. The first-order valence-electron chi connectivity index (χ1n) is 5.18. The highest BCUT2D eigenvalue weighted by atomic mass is 79.9. The third-order valence-electron chi connectivity index (χ3n) is 2.34. The second kappa shape index (κ2) is 5.42. The molecule has 2 aromatic carbocycles. The van der Waals surface area contributed by atoms with E-state index in [1.54, 1.807) is 42.5 Å². The van der Waals surface area contributed by atoms with Crippen LogP contribution < -0.4 is 11.1 Å². The van der Waals surface area contributed by atoms with Crippen molar-refractivity contribution in [3.63, 3.8) is 0 Å². The minimum absolute atomic E-state index is 0.268. The SMILES string of the molecule is Nc1ccc(Br)cc1C(=O)Nc1cccc(Cl)c1. The molecule has 0 heterocycles. The summed E-state index contributed by atoms with van der Waals surface area (Å²) in [6.45, 7) is 0. The molecule has 0 atom stereocenters. The summed E-state index contributed by atoms with van der Waals surface area (Å²) in [5, 5.41) is 3.31. The largest absolute Gasteiger partial charge is 0.398 e. The molecule has 0 fully saturated rings. The Bertz CT molecular complexity index is 601. The first kappa shape index (κ1) is 12.9. The van der Waals surface area contributed by atoms with Crippen LogP contribution >= 0.6 is 27.5 Å². The van der Waals surface area contributed by atoms with Gasteiger partial charge in [-0.25, -0.2) is 0 Å². The molecule has 0 spiro atoms. The Labute approximate surface area is 118 Å². The van der Waals surface area contributed by atoms with Crippen LogP contribution in [0.5, 0.6) is 0 Å². The number of hydrogen-bond acceptors (Lipinski definition) is 2. The van der Waals surface area contributed by atoms with E-state index >= 15 is 0 Å². The van der Waals surface area contributed by atoms with Gasteiger partial charge >= 0.3 is 0 Å². The quantitative estimate of drug-likeness (QED) is 0.822. The monoisotopic (exact) mass is 324 g/mol. The summed E-state index contributed by atoms with van der Waals surface area (Å²) < 4.78 is 0.799. The van der Waals surface area contributed by atoms with E-state index in [9.17, 15) is 4.79 Å². The lowest BCUT2D eigenvalue weighted by molar-refractivity contribution is 0.102. The van der Waals surface area contributed by atoms with Crippen molar-refractivity contribution in [2.24, 2.45) is 0 Å². The summed E-state index contributed by atoms with van der Waals surface area (Å²) in [7, 11) is 0. The number of nitrogen functional groups attached to an aromatic ring is 1. The minimum Gasteiger partial charge on any atom is -0.398 e. The molecule has 0 aliphatic heterocycles. The molecule has 18 heavy (non-hydrogen) atoms. The predicted octanol–water partition coefficient (Wildman–Crippen LogP) is 3.94. The lowest BCUT2D eigenvalue weighted by atomic mass is 10.1. The van der Waals surface area contributed by atoms with E-state index in [0.717, 1.165) is 4.47 Å². The fourth-order valence-corrected chi connectivity index (χ4v) is 2.04. The van der Waals surface area contributed by atoms with Crippen LogP contribution in [0.3, 0.4) is 0 Å². The Balaban J connectivity index is 2.24. The number of anilines is 2. The zero-order chi connectivity index (χ0) is 13.1. The van der Waals surface area contributed by atoms with E-state index in [4.69, 9.17) is 17.3 Å². The lowest BCUT2D eigenvalue weighted by Gasteiger charge is -2.08. The first-order valence-corrected chi connectivity index (χ1v) is 6.35. The third-order valence-corrected chi connectivity index (χ3v) is 3.07. The van der Waals surface area contributed by atoms with Gasteiger partial charge in [0.05, 0.1) is 5.56 Å². The Morgan fingerprint density at radius 1 is 1.22 bits per heavy atom. The molecule has 92 valence electrons. The summed E-state index contributed by atoms with van der Waals surface area (Å²) >= 11 is 9.15. The van der Waals surface area contributed by atoms with Crippen molar-refractivity contribution in [3.8, 4) is 0 Å². The summed E-state index contributed by atoms with van der Waals surface area (Å²) in [5.41, 5.74) is 7.25. The number of carbonyl (C=O) groups is 1. The van der Waals surface area contributed by atoms with E-state index in [2.05, 4.69) is 21.2 Å². The van der Waals surface area contributed by atoms with Crippen LogP contribution in [-0.4, -0.2) is 5.91 Å². The van der Waals surface area contributed by atoms with Crippen LogP contribution in [0.4, 0.5) is 11.4 Å². The van der Waals surface area contributed by atoms with Crippen LogP contribution in [0.15, 0.2) is 46.9 Å². The van der Waals surface area contributed by atoms with Crippen molar-refractivity contribution in [3.05, 3.63) is 57.5 Å². The number of carbonyl (C=O) groups excluding carboxylic acids is 1. The highest BCUT2D eigenvalue weighted by Gasteiger charge is 2.10. The Hall–Kier alpha value is -1.52. The van der Waals surface area contributed by atoms with Crippen LogP contribution in [0.25, 0.3) is 0 Å². The number of amides is 1. The summed E-state index contributed by atoms with van der Waals surface area (Å²) in [6, 6.07) is 12.1. The smallest absolute Gasteiger partial charge is 0.257 e. The summed E-state index contributed by atoms with van der Waals surface area (Å²) in [5.74, 6) is -0.268. The van der Waals surface area contributed by atoms with Crippen LogP contribution in [0.2, 0.25) is 5.02 Å². The molecule has 2 rings (SSSR count). The maximum atomic E-state index is 12.0. The maximum absolute atomic E-state index is 12.0. The highest BCUT2D eigenvalue weighted by molar-refractivity contribution is 9.10. The van der Waals surface area contributed by atoms with E-state index in [0.29, 0.717) is 22.0 Å². The third kappa shape index (κ3) is 3.03. The number of nitrogens with two attached hydrogens (primary N) is 1.